The molecule has 128 valence electrons. The molecule has 0 spiro atoms. The van der Waals surface area contributed by atoms with Crippen LogP contribution in [-0.4, -0.2) is 33.8 Å². The first-order chi connectivity index (χ1) is 12.1. The fourth-order valence-electron chi connectivity index (χ4n) is 4.32. The molecule has 4 heterocycles. The van der Waals surface area contributed by atoms with Crippen molar-refractivity contribution in [1.29, 1.82) is 0 Å². The fraction of sp³-hybridized carbons (Fsp3) is 0.389. The third-order valence-electron chi connectivity index (χ3n) is 5.45. The van der Waals surface area contributed by atoms with Crippen LogP contribution in [0.1, 0.15) is 18.4 Å². The summed E-state index contributed by atoms with van der Waals surface area (Å²) in [6.07, 6.45) is 4.51. The number of anilines is 1. The Labute approximate surface area is 143 Å². The number of benzene rings is 1. The Morgan fingerprint density at radius 1 is 1.12 bits per heavy atom. The Hall–Kier alpha value is -2.54. The summed E-state index contributed by atoms with van der Waals surface area (Å²) in [5.74, 6) is -1.43. The fourth-order valence-corrected chi connectivity index (χ4v) is 4.32. The topological polar surface area (TPSA) is 64.4 Å². The zero-order valence-corrected chi connectivity index (χ0v) is 13.3. The molecule has 3 fully saturated rings. The number of imide groups is 1. The second-order valence-corrected chi connectivity index (χ2v) is 6.84. The van der Waals surface area contributed by atoms with E-state index in [-0.39, 0.29) is 48.2 Å². The molecule has 25 heavy (non-hydrogen) atoms. The molecule has 0 N–H and O–H groups in total. The lowest BCUT2D eigenvalue weighted by Crippen LogP contribution is -2.34. The van der Waals surface area contributed by atoms with E-state index in [0.717, 1.165) is 12.8 Å². The molecule has 1 aromatic heterocycles. The summed E-state index contributed by atoms with van der Waals surface area (Å²) in [7, 11) is 0. The van der Waals surface area contributed by atoms with E-state index in [0.29, 0.717) is 11.3 Å². The minimum Gasteiger partial charge on any atom is -0.373 e. The number of halogens is 1. The molecule has 1 aromatic carbocycles. The van der Waals surface area contributed by atoms with Crippen molar-refractivity contribution in [2.75, 3.05) is 4.90 Å². The van der Waals surface area contributed by atoms with Crippen molar-refractivity contribution in [2.24, 2.45) is 11.8 Å². The van der Waals surface area contributed by atoms with Gasteiger partial charge in [0.2, 0.25) is 11.8 Å². The average Bonchev–Trinajstić information content (AvgIpc) is 3.35. The maximum absolute atomic E-state index is 13.8. The van der Waals surface area contributed by atoms with Gasteiger partial charge in [-0.25, -0.2) is 9.29 Å². The Bertz CT molecular complexity index is 852. The molecule has 7 heteroatoms. The number of carbonyl (C=O) groups is 2. The molecule has 6 nitrogen and oxygen atoms in total. The van der Waals surface area contributed by atoms with Gasteiger partial charge in [-0.15, -0.1) is 0 Å². The van der Waals surface area contributed by atoms with Gasteiger partial charge < -0.3 is 4.74 Å². The molecule has 3 aliphatic rings. The zero-order valence-electron chi connectivity index (χ0n) is 13.3. The first-order valence-electron chi connectivity index (χ1n) is 8.42. The van der Waals surface area contributed by atoms with E-state index >= 15 is 0 Å². The maximum atomic E-state index is 13.8. The van der Waals surface area contributed by atoms with E-state index in [1.807, 2.05) is 0 Å². The third kappa shape index (κ3) is 2.08. The van der Waals surface area contributed by atoms with Crippen LogP contribution in [-0.2, 0) is 20.9 Å². The Balaban J connectivity index is 1.41. The van der Waals surface area contributed by atoms with Crippen molar-refractivity contribution in [1.82, 2.24) is 9.78 Å². The normalized spacial score (nSPS) is 30.4. The van der Waals surface area contributed by atoms with Crippen LogP contribution in [0.2, 0.25) is 0 Å². The number of rotatable bonds is 3. The van der Waals surface area contributed by atoms with E-state index in [2.05, 4.69) is 5.10 Å². The van der Waals surface area contributed by atoms with Crippen molar-refractivity contribution in [2.45, 2.75) is 31.6 Å². The summed E-state index contributed by atoms with van der Waals surface area (Å²) in [6.45, 7) is 0.240. The predicted molar refractivity (Wildman–Crippen MR) is 85.1 cm³/mol. The summed E-state index contributed by atoms with van der Waals surface area (Å²) in [6, 6.07) is 6.46. The Morgan fingerprint density at radius 2 is 1.80 bits per heavy atom. The average molecular weight is 341 g/mol. The van der Waals surface area contributed by atoms with Gasteiger partial charge in [-0.1, -0.05) is 18.2 Å². The minimum atomic E-state index is -0.360. The number of aromatic nitrogens is 2. The highest BCUT2D eigenvalue weighted by atomic mass is 19.1. The number of nitrogens with zero attached hydrogens (tertiary/aromatic N) is 3. The smallest absolute Gasteiger partial charge is 0.240 e. The van der Waals surface area contributed by atoms with Crippen molar-refractivity contribution >= 4 is 17.5 Å². The summed E-state index contributed by atoms with van der Waals surface area (Å²) in [5, 5.41) is 4.19. The molecule has 0 saturated carbocycles. The predicted octanol–water partition coefficient (Wildman–Crippen LogP) is 1.74. The second-order valence-electron chi connectivity index (χ2n) is 6.84. The molecular formula is C18H16FN3O3. The number of carbonyl (C=O) groups excluding carboxylic acids is 2. The van der Waals surface area contributed by atoms with Crippen LogP contribution in [0.3, 0.4) is 0 Å². The number of ether oxygens (including phenoxy) is 1. The van der Waals surface area contributed by atoms with Gasteiger partial charge in [-0.2, -0.15) is 5.10 Å². The van der Waals surface area contributed by atoms with Gasteiger partial charge in [0.25, 0.3) is 0 Å². The molecule has 2 aromatic rings. The molecule has 4 atom stereocenters. The van der Waals surface area contributed by atoms with Crippen molar-refractivity contribution in [3.05, 3.63) is 48.0 Å². The van der Waals surface area contributed by atoms with Crippen molar-refractivity contribution < 1.29 is 18.7 Å². The summed E-state index contributed by atoms with van der Waals surface area (Å²) in [4.78, 5) is 26.7. The Morgan fingerprint density at radius 3 is 2.48 bits per heavy atom. The highest BCUT2D eigenvalue weighted by Gasteiger charge is 2.62. The summed E-state index contributed by atoms with van der Waals surface area (Å²) in [5.41, 5.74) is 0.944. The SMILES string of the molecule is O=C1C2C3CCC(O3)C2C(=O)N1c1cnn(Cc2ccccc2F)c1. The summed E-state index contributed by atoms with van der Waals surface area (Å²) >= 11 is 0. The van der Waals surface area contributed by atoms with Gasteiger partial charge >= 0.3 is 0 Å². The van der Waals surface area contributed by atoms with Crippen molar-refractivity contribution in [3.63, 3.8) is 0 Å². The third-order valence-corrected chi connectivity index (χ3v) is 5.45. The van der Waals surface area contributed by atoms with Gasteiger partial charge in [-0.05, 0) is 18.9 Å². The van der Waals surface area contributed by atoms with Gasteiger partial charge in [0.05, 0.1) is 42.5 Å². The molecule has 0 radical (unpaired) electrons. The van der Waals surface area contributed by atoms with Crippen LogP contribution in [0.25, 0.3) is 0 Å². The van der Waals surface area contributed by atoms with E-state index in [4.69, 9.17) is 4.74 Å². The van der Waals surface area contributed by atoms with Crippen LogP contribution >= 0.6 is 0 Å². The number of amides is 2. The largest absolute Gasteiger partial charge is 0.373 e. The van der Waals surface area contributed by atoms with Gasteiger partial charge in [0, 0.05) is 11.8 Å². The van der Waals surface area contributed by atoms with Gasteiger partial charge in [0.1, 0.15) is 5.82 Å². The Kier molecular flexibility index (Phi) is 3.09. The van der Waals surface area contributed by atoms with Crippen LogP contribution in [0.4, 0.5) is 10.1 Å². The molecule has 4 unspecified atom stereocenters. The molecule has 3 aliphatic heterocycles. The molecule has 2 amide bonds. The minimum absolute atomic E-state index is 0.134. The lowest BCUT2D eigenvalue weighted by molar-refractivity contribution is -0.124. The van der Waals surface area contributed by atoms with E-state index in [9.17, 15) is 14.0 Å². The van der Waals surface area contributed by atoms with Crippen LogP contribution in [0.15, 0.2) is 36.7 Å². The lowest BCUT2D eigenvalue weighted by atomic mass is 9.81. The van der Waals surface area contributed by atoms with Crippen LogP contribution < -0.4 is 4.90 Å². The lowest BCUT2D eigenvalue weighted by Gasteiger charge is -2.15. The molecule has 5 rings (SSSR count). The maximum Gasteiger partial charge on any atom is 0.240 e. The molecule has 0 aliphatic carbocycles. The summed E-state index contributed by atoms with van der Waals surface area (Å²) < 4.78 is 21.0. The first-order valence-corrected chi connectivity index (χ1v) is 8.42. The van der Waals surface area contributed by atoms with Gasteiger partial charge in [0.15, 0.2) is 0 Å². The van der Waals surface area contributed by atoms with E-state index in [1.54, 1.807) is 24.4 Å². The highest BCUT2D eigenvalue weighted by Crippen LogP contribution is 2.49. The molecule has 3 saturated heterocycles. The monoisotopic (exact) mass is 341 g/mol. The molecule has 2 bridgehead atoms. The first kappa shape index (κ1) is 14.8. The van der Waals surface area contributed by atoms with Crippen molar-refractivity contribution in [3.8, 4) is 0 Å². The number of hydrogen-bond acceptors (Lipinski definition) is 4. The van der Waals surface area contributed by atoms with E-state index < -0.39 is 0 Å². The second kappa shape index (κ2) is 5.23. The standard InChI is InChI=1S/C18H16FN3O3/c19-12-4-2-1-3-10(12)8-21-9-11(7-20-21)22-17(23)15-13-5-6-14(25-13)16(15)18(22)24/h1-4,7,9,13-16H,5-6,8H2. The zero-order chi connectivity index (χ0) is 17.1. The van der Waals surface area contributed by atoms with E-state index in [1.165, 1.54) is 21.8 Å². The van der Waals surface area contributed by atoms with Crippen LogP contribution in [0, 0.1) is 17.7 Å². The number of fused-ring (bicyclic) bond motifs is 5. The van der Waals surface area contributed by atoms with Gasteiger partial charge in [-0.3, -0.25) is 14.3 Å². The number of hydrogen-bond donors (Lipinski definition) is 0. The molecular weight excluding hydrogens is 325 g/mol. The highest BCUT2D eigenvalue weighted by molar-refractivity contribution is 6.22. The quantitative estimate of drug-likeness (QED) is 0.798. The van der Waals surface area contributed by atoms with Crippen LogP contribution in [0.5, 0.6) is 0 Å².